The summed E-state index contributed by atoms with van der Waals surface area (Å²) in [6.07, 6.45) is 7.07. The quantitative estimate of drug-likeness (QED) is 0.749. The molecule has 4 rings (SSSR count). The van der Waals surface area contributed by atoms with E-state index in [1.165, 1.54) is 0 Å². The van der Waals surface area contributed by atoms with Crippen LogP contribution in [0, 0.1) is 0 Å². The molecule has 0 radical (unpaired) electrons. The first-order valence-electron chi connectivity index (χ1n) is 8.27. The Balaban J connectivity index is 1.56. The topological polar surface area (TPSA) is 105 Å². The van der Waals surface area contributed by atoms with Crippen molar-refractivity contribution in [2.45, 2.75) is 19.4 Å². The number of aromatic amines is 1. The Hall–Kier alpha value is -3.42. The van der Waals surface area contributed by atoms with Gasteiger partial charge in [-0.1, -0.05) is 6.07 Å². The molecule has 1 N–H and O–H groups in total. The van der Waals surface area contributed by atoms with Crippen LogP contribution in [0.3, 0.4) is 0 Å². The van der Waals surface area contributed by atoms with Crippen LogP contribution in [0.2, 0.25) is 0 Å². The fourth-order valence-electron chi connectivity index (χ4n) is 2.95. The zero-order valence-electron chi connectivity index (χ0n) is 13.9. The lowest BCUT2D eigenvalue weighted by Gasteiger charge is -2.27. The number of hydrogen-bond donors (Lipinski definition) is 1. The van der Waals surface area contributed by atoms with Gasteiger partial charge in [0.05, 0.1) is 30.4 Å². The molecule has 26 heavy (non-hydrogen) atoms. The summed E-state index contributed by atoms with van der Waals surface area (Å²) in [6, 6.07) is 5.48. The summed E-state index contributed by atoms with van der Waals surface area (Å²) >= 11 is 0. The van der Waals surface area contributed by atoms with Gasteiger partial charge in [0.2, 0.25) is 5.91 Å². The lowest BCUT2D eigenvalue weighted by atomic mass is 10.1. The number of hydrogen-bond acceptors (Lipinski definition) is 6. The van der Waals surface area contributed by atoms with Gasteiger partial charge in [-0.2, -0.15) is 0 Å². The lowest BCUT2D eigenvalue weighted by Crippen LogP contribution is -2.40. The molecule has 0 aliphatic carbocycles. The van der Waals surface area contributed by atoms with E-state index in [9.17, 15) is 9.59 Å². The molecule has 1 aliphatic heterocycles. The molecule has 130 valence electrons. The first kappa shape index (κ1) is 16.1. The summed E-state index contributed by atoms with van der Waals surface area (Å²) in [5.74, 6) is 0.349. The van der Waals surface area contributed by atoms with E-state index < -0.39 is 0 Å². The molecular weight excluding hydrogens is 332 g/mol. The number of nitrogens with one attached hydrogen (secondary N) is 1. The number of amides is 1. The minimum absolute atomic E-state index is 0.0493. The van der Waals surface area contributed by atoms with Gasteiger partial charge in [-0.3, -0.25) is 19.6 Å². The fraction of sp³-hybridized carbons (Fsp3) is 0.222. The second kappa shape index (κ2) is 6.83. The average Bonchev–Trinajstić information content (AvgIpc) is 2.69. The van der Waals surface area contributed by atoms with E-state index >= 15 is 0 Å². The van der Waals surface area contributed by atoms with Gasteiger partial charge in [0.1, 0.15) is 5.69 Å². The standard InChI is InChI=1S/C18H16N6O2/c25-16(9-12-3-1-2-5-20-12)24-8-4-14-13(11-24)18(26)23-17(22-14)15-10-19-6-7-21-15/h1-3,5-7,10H,4,8-9,11H2,(H,22,23,26). The number of aromatic nitrogens is 5. The smallest absolute Gasteiger partial charge is 0.256 e. The van der Waals surface area contributed by atoms with Crippen LogP contribution in [0.25, 0.3) is 11.5 Å². The van der Waals surface area contributed by atoms with Crippen LogP contribution in [0.5, 0.6) is 0 Å². The molecule has 4 heterocycles. The zero-order valence-corrected chi connectivity index (χ0v) is 13.9. The minimum Gasteiger partial charge on any atom is -0.337 e. The van der Waals surface area contributed by atoms with Gasteiger partial charge in [0, 0.05) is 37.3 Å². The van der Waals surface area contributed by atoms with Crippen molar-refractivity contribution in [1.29, 1.82) is 0 Å². The summed E-state index contributed by atoms with van der Waals surface area (Å²) in [6.45, 7) is 0.777. The maximum Gasteiger partial charge on any atom is 0.256 e. The van der Waals surface area contributed by atoms with Crippen LogP contribution in [-0.4, -0.2) is 42.3 Å². The summed E-state index contributed by atoms with van der Waals surface area (Å²) in [4.78, 5) is 46.3. The summed E-state index contributed by atoms with van der Waals surface area (Å²) < 4.78 is 0. The van der Waals surface area contributed by atoms with Crippen LogP contribution in [0.15, 0.2) is 47.8 Å². The second-order valence-corrected chi connectivity index (χ2v) is 5.99. The highest BCUT2D eigenvalue weighted by atomic mass is 16.2. The first-order chi connectivity index (χ1) is 12.7. The van der Waals surface area contributed by atoms with Gasteiger partial charge < -0.3 is 9.88 Å². The van der Waals surface area contributed by atoms with E-state index in [0.717, 1.165) is 0 Å². The SMILES string of the molecule is O=C(Cc1ccccn1)N1CCc2nc(-c3cnccn3)[nH]c(=O)c2C1. The summed E-state index contributed by atoms with van der Waals surface area (Å²) in [5.41, 5.74) is 2.22. The third-order valence-corrected chi connectivity index (χ3v) is 4.29. The fourth-order valence-corrected chi connectivity index (χ4v) is 2.95. The van der Waals surface area contributed by atoms with Gasteiger partial charge in [-0.05, 0) is 12.1 Å². The number of pyridine rings is 1. The largest absolute Gasteiger partial charge is 0.337 e. The summed E-state index contributed by atoms with van der Waals surface area (Å²) in [7, 11) is 0. The third-order valence-electron chi connectivity index (χ3n) is 4.29. The molecule has 3 aromatic heterocycles. The molecule has 0 atom stereocenters. The van der Waals surface area contributed by atoms with Crippen molar-refractivity contribution in [2.24, 2.45) is 0 Å². The molecule has 8 nitrogen and oxygen atoms in total. The molecule has 8 heteroatoms. The van der Waals surface area contributed by atoms with Crippen molar-refractivity contribution in [2.75, 3.05) is 6.54 Å². The Bertz CT molecular complexity index is 988. The van der Waals surface area contributed by atoms with Crippen LogP contribution in [0.1, 0.15) is 17.0 Å². The van der Waals surface area contributed by atoms with E-state index in [1.54, 1.807) is 29.7 Å². The van der Waals surface area contributed by atoms with E-state index in [-0.39, 0.29) is 24.4 Å². The maximum atomic E-state index is 12.5. The Morgan fingerprint density at radius 2 is 2.12 bits per heavy atom. The highest BCUT2D eigenvalue weighted by Crippen LogP contribution is 2.17. The molecule has 1 aliphatic rings. The molecule has 0 aromatic carbocycles. The monoisotopic (exact) mass is 348 g/mol. The van der Waals surface area contributed by atoms with Crippen molar-refractivity contribution < 1.29 is 4.79 Å². The highest BCUT2D eigenvalue weighted by molar-refractivity contribution is 5.78. The minimum atomic E-state index is -0.244. The van der Waals surface area contributed by atoms with Crippen LogP contribution >= 0.6 is 0 Å². The van der Waals surface area contributed by atoms with E-state index in [4.69, 9.17) is 0 Å². The van der Waals surface area contributed by atoms with Gasteiger partial charge in [-0.25, -0.2) is 9.97 Å². The van der Waals surface area contributed by atoms with Crippen LogP contribution in [0.4, 0.5) is 0 Å². The van der Waals surface area contributed by atoms with E-state index in [2.05, 4.69) is 24.9 Å². The number of rotatable bonds is 3. The average molecular weight is 348 g/mol. The van der Waals surface area contributed by atoms with Gasteiger partial charge in [0.25, 0.3) is 5.56 Å². The molecular formula is C18H16N6O2. The van der Waals surface area contributed by atoms with Crippen LogP contribution < -0.4 is 5.56 Å². The Labute approximate surface area is 149 Å². The van der Waals surface area contributed by atoms with E-state index in [0.29, 0.717) is 41.4 Å². The second-order valence-electron chi connectivity index (χ2n) is 5.99. The van der Waals surface area contributed by atoms with Crippen molar-refractivity contribution in [3.8, 4) is 11.5 Å². The van der Waals surface area contributed by atoms with Gasteiger partial charge in [-0.15, -0.1) is 0 Å². The van der Waals surface area contributed by atoms with Gasteiger partial charge in [0.15, 0.2) is 5.82 Å². The van der Waals surface area contributed by atoms with Crippen molar-refractivity contribution in [1.82, 2.24) is 29.8 Å². The number of H-pyrrole nitrogens is 1. The highest BCUT2D eigenvalue weighted by Gasteiger charge is 2.25. The predicted molar refractivity (Wildman–Crippen MR) is 92.9 cm³/mol. The van der Waals surface area contributed by atoms with Crippen molar-refractivity contribution in [3.05, 3.63) is 70.3 Å². The van der Waals surface area contributed by atoms with Gasteiger partial charge >= 0.3 is 0 Å². The van der Waals surface area contributed by atoms with Crippen LogP contribution in [-0.2, 0) is 24.2 Å². The first-order valence-corrected chi connectivity index (χ1v) is 8.27. The summed E-state index contributed by atoms with van der Waals surface area (Å²) in [5, 5.41) is 0. The number of fused-ring (bicyclic) bond motifs is 1. The number of carbonyl (C=O) groups is 1. The molecule has 0 saturated heterocycles. The Morgan fingerprint density at radius 1 is 1.19 bits per heavy atom. The predicted octanol–water partition coefficient (Wildman–Crippen LogP) is 0.749. The molecule has 0 unspecified atom stereocenters. The maximum absolute atomic E-state index is 12.5. The lowest BCUT2D eigenvalue weighted by molar-refractivity contribution is -0.131. The number of carbonyl (C=O) groups excluding carboxylic acids is 1. The van der Waals surface area contributed by atoms with Crippen molar-refractivity contribution >= 4 is 5.91 Å². The third kappa shape index (κ3) is 3.21. The van der Waals surface area contributed by atoms with E-state index in [1.807, 2.05) is 18.2 Å². The zero-order chi connectivity index (χ0) is 17.9. The normalized spacial score (nSPS) is 13.3. The molecule has 0 fully saturated rings. The molecule has 0 saturated carbocycles. The molecule has 0 bridgehead atoms. The number of nitrogens with zero attached hydrogens (tertiary/aromatic N) is 5. The molecule has 1 amide bonds. The van der Waals surface area contributed by atoms with Crippen molar-refractivity contribution in [3.63, 3.8) is 0 Å². The molecule has 3 aromatic rings. The Kier molecular flexibility index (Phi) is 4.22. The molecule has 0 spiro atoms. The Morgan fingerprint density at radius 3 is 2.88 bits per heavy atom.